The second-order valence-electron chi connectivity index (χ2n) is 3.03. The van der Waals surface area contributed by atoms with E-state index in [-0.39, 0.29) is 12.3 Å². The molecule has 0 amide bonds. The van der Waals surface area contributed by atoms with E-state index in [0.717, 1.165) is 6.42 Å². The summed E-state index contributed by atoms with van der Waals surface area (Å²) in [6, 6.07) is 4.10. The van der Waals surface area contributed by atoms with Gasteiger partial charge in [-0.25, -0.2) is 0 Å². The van der Waals surface area contributed by atoms with Crippen molar-refractivity contribution in [1.82, 2.24) is 0 Å². The van der Waals surface area contributed by atoms with Crippen molar-refractivity contribution in [1.29, 1.82) is 0 Å². The van der Waals surface area contributed by atoms with Crippen molar-refractivity contribution >= 4 is 11.3 Å². The molecule has 1 fully saturated rings. The third-order valence-corrected chi connectivity index (χ3v) is 3.05. The highest BCUT2D eigenvalue weighted by Gasteiger charge is 2.20. The lowest BCUT2D eigenvalue weighted by Crippen LogP contribution is -2.18. The van der Waals surface area contributed by atoms with Crippen LogP contribution < -0.4 is 5.73 Å². The van der Waals surface area contributed by atoms with Crippen LogP contribution in [0.5, 0.6) is 0 Å². The quantitative estimate of drug-likeness (QED) is 0.802. The van der Waals surface area contributed by atoms with Gasteiger partial charge in [0.2, 0.25) is 0 Å². The number of rotatable bonds is 3. The van der Waals surface area contributed by atoms with Crippen LogP contribution in [-0.2, 0) is 9.47 Å². The van der Waals surface area contributed by atoms with Crippen LogP contribution in [0.2, 0.25) is 0 Å². The molecule has 1 aliphatic heterocycles. The van der Waals surface area contributed by atoms with Gasteiger partial charge in [0.05, 0.1) is 13.2 Å². The number of nitrogens with two attached hydrogens (primary N) is 1. The summed E-state index contributed by atoms with van der Waals surface area (Å²) in [7, 11) is 0. The molecule has 1 aliphatic rings. The first-order valence-electron chi connectivity index (χ1n) is 4.38. The van der Waals surface area contributed by atoms with Gasteiger partial charge in [-0.1, -0.05) is 6.07 Å². The molecule has 1 aromatic rings. The Kier molecular flexibility index (Phi) is 2.95. The molecule has 13 heavy (non-hydrogen) atoms. The summed E-state index contributed by atoms with van der Waals surface area (Å²) in [5.74, 6) is 0. The molecule has 1 atom stereocenters. The van der Waals surface area contributed by atoms with E-state index in [2.05, 4.69) is 0 Å². The topological polar surface area (TPSA) is 44.5 Å². The summed E-state index contributed by atoms with van der Waals surface area (Å²) in [6.07, 6.45) is 0.651. The molecule has 1 unspecified atom stereocenters. The van der Waals surface area contributed by atoms with Gasteiger partial charge in [-0.3, -0.25) is 0 Å². The van der Waals surface area contributed by atoms with Crippen LogP contribution >= 0.6 is 11.3 Å². The summed E-state index contributed by atoms with van der Waals surface area (Å²) < 4.78 is 10.6. The Balaban J connectivity index is 1.87. The maximum absolute atomic E-state index is 5.97. The van der Waals surface area contributed by atoms with Crippen LogP contribution in [0.25, 0.3) is 0 Å². The molecule has 0 bridgehead atoms. The van der Waals surface area contributed by atoms with Crippen molar-refractivity contribution in [3.05, 3.63) is 22.4 Å². The van der Waals surface area contributed by atoms with Crippen molar-refractivity contribution in [2.45, 2.75) is 18.8 Å². The van der Waals surface area contributed by atoms with E-state index in [0.29, 0.717) is 13.2 Å². The Bertz CT molecular complexity index is 244. The molecule has 0 radical (unpaired) electrons. The average molecular weight is 199 g/mol. The SMILES string of the molecule is NC(CC1OCCO1)c1cccs1. The Hall–Kier alpha value is -0.420. The van der Waals surface area contributed by atoms with Gasteiger partial charge < -0.3 is 15.2 Å². The Morgan fingerprint density at radius 2 is 2.31 bits per heavy atom. The first-order chi connectivity index (χ1) is 6.36. The molecule has 0 aromatic carbocycles. The number of ether oxygens (including phenoxy) is 2. The summed E-state index contributed by atoms with van der Waals surface area (Å²) in [5, 5.41) is 2.03. The minimum atomic E-state index is -0.0999. The summed E-state index contributed by atoms with van der Waals surface area (Å²) in [5.41, 5.74) is 5.97. The number of thiophene rings is 1. The van der Waals surface area contributed by atoms with Crippen LogP contribution in [0.15, 0.2) is 17.5 Å². The van der Waals surface area contributed by atoms with Crippen molar-refractivity contribution in [3.8, 4) is 0 Å². The third kappa shape index (κ3) is 2.28. The second-order valence-corrected chi connectivity index (χ2v) is 4.01. The molecule has 1 aromatic heterocycles. The smallest absolute Gasteiger partial charge is 0.159 e. The summed E-state index contributed by atoms with van der Waals surface area (Å²) in [6.45, 7) is 1.39. The van der Waals surface area contributed by atoms with Gasteiger partial charge in [-0.15, -0.1) is 11.3 Å². The fraction of sp³-hybridized carbons (Fsp3) is 0.556. The summed E-state index contributed by atoms with van der Waals surface area (Å²) >= 11 is 1.68. The zero-order valence-electron chi connectivity index (χ0n) is 7.31. The minimum Gasteiger partial charge on any atom is -0.350 e. The molecule has 1 saturated heterocycles. The molecule has 0 aliphatic carbocycles. The van der Waals surface area contributed by atoms with E-state index in [1.807, 2.05) is 17.5 Å². The standard InChI is InChI=1S/C9H13NO2S/c10-7(8-2-1-5-13-8)6-9-11-3-4-12-9/h1-2,5,7,9H,3-4,6,10H2. The lowest BCUT2D eigenvalue weighted by molar-refractivity contribution is -0.0505. The van der Waals surface area contributed by atoms with Crippen LogP contribution in [0.3, 0.4) is 0 Å². The maximum atomic E-state index is 5.97. The zero-order valence-corrected chi connectivity index (χ0v) is 8.13. The number of hydrogen-bond acceptors (Lipinski definition) is 4. The van der Waals surface area contributed by atoms with Crippen LogP contribution in [-0.4, -0.2) is 19.5 Å². The van der Waals surface area contributed by atoms with Gasteiger partial charge >= 0.3 is 0 Å². The van der Waals surface area contributed by atoms with Crippen molar-refractivity contribution in [2.24, 2.45) is 5.73 Å². The first-order valence-corrected chi connectivity index (χ1v) is 5.26. The molecule has 4 heteroatoms. The van der Waals surface area contributed by atoms with Gasteiger partial charge in [0.25, 0.3) is 0 Å². The third-order valence-electron chi connectivity index (χ3n) is 2.05. The molecule has 2 N–H and O–H groups in total. The fourth-order valence-corrected chi connectivity index (χ4v) is 2.11. The van der Waals surface area contributed by atoms with Gasteiger partial charge in [-0.05, 0) is 11.4 Å². The fourth-order valence-electron chi connectivity index (χ4n) is 1.37. The summed E-state index contributed by atoms with van der Waals surface area (Å²) in [4.78, 5) is 1.19. The first kappa shape index (κ1) is 9.15. The Labute approximate surface area is 81.5 Å². The molecule has 72 valence electrons. The van der Waals surface area contributed by atoms with Crippen LogP contribution in [0.4, 0.5) is 0 Å². The van der Waals surface area contributed by atoms with Crippen molar-refractivity contribution in [2.75, 3.05) is 13.2 Å². The monoisotopic (exact) mass is 199 g/mol. The van der Waals surface area contributed by atoms with Crippen LogP contribution in [0, 0.1) is 0 Å². The van der Waals surface area contributed by atoms with E-state index in [4.69, 9.17) is 15.2 Å². The highest BCUT2D eigenvalue weighted by molar-refractivity contribution is 7.10. The average Bonchev–Trinajstić information content (AvgIpc) is 2.74. The predicted octanol–water partition coefficient (Wildman–Crippen LogP) is 1.51. The van der Waals surface area contributed by atoms with Gasteiger partial charge in [-0.2, -0.15) is 0 Å². The molecular weight excluding hydrogens is 186 g/mol. The molecular formula is C9H13NO2S. The van der Waals surface area contributed by atoms with E-state index in [1.165, 1.54) is 4.88 Å². The second kappa shape index (κ2) is 4.19. The van der Waals surface area contributed by atoms with E-state index in [1.54, 1.807) is 11.3 Å². The highest BCUT2D eigenvalue weighted by Crippen LogP contribution is 2.23. The highest BCUT2D eigenvalue weighted by atomic mass is 32.1. The molecule has 2 heterocycles. The zero-order chi connectivity index (χ0) is 9.10. The van der Waals surface area contributed by atoms with Crippen LogP contribution in [0.1, 0.15) is 17.3 Å². The van der Waals surface area contributed by atoms with E-state index in [9.17, 15) is 0 Å². The molecule has 3 nitrogen and oxygen atoms in total. The largest absolute Gasteiger partial charge is 0.350 e. The molecule has 0 spiro atoms. The Morgan fingerprint density at radius 1 is 1.54 bits per heavy atom. The lowest BCUT2D eigenvalue weighted by Gasteiger charge is -2.13. The lowest BCUT2D eigenvalue weighted by atomic mass is 10.2. The predicted molar refractivity (Wildman–Crippen MR) is 51.6 cm³/mol. The van der Waals surface area contributed by atoms with E-state index >= 15 is 0 Å². The minimum absolute atomic E-state index is 0.0445. The van der Waals surface area contributed by atoms with Crippen molar-refractivity contribution < 1.29 is 9.47 Å². The number of hydrogen-bond donors (Lipinski definition) is 1. The Morgan fingerprint density at radius 3 is 2.92 bits per heavy atom. The van der Waals surface area contributed by atoms with Crippen molar-refractivity contribution in [3.63, 3.8) is 0 Å². The van der Waals surface area contributed by atoms with E-state index < -0.39 is 0 Å². The normalized spacial score (nSPS) is 20.7. The van der Waals surface area contributed by atoms with Gasteiger partial charge in [0.15, 0.2) is 6.29 Å². The molecule has 0 saturated carbocycles. The van der Waals surface area contributed by atoms with Gasteiger partial charge in [0, 0.05) is 17.3 Å². The van der Waals surface area contributed by atoms with Gasteiger partial charge in [0.1, 0.15) is 0 Å². The molecule has 2 rings (SSSR count). The maximum Gasteiger partial charge on any atom is 0.159 e.